The number of hydrogen-bond acceptors (Lipinski definition) is 3. The zero-order valence-electron chi connectivity index (χ0n) is 11.3. The first-order chi connectivity index (χ1) is 9.82. The Morgan fingerprint density at radius 2 is 1.86 bits per heavy atom. The van der Waals surface area contributed by atoms with E-state index in [1.165, 1.54) is 18.2 Å². The van der Waals surface area contributed by atoms with Gasteiger partial charge in [0.05, 0.1) is 5.56 Å². The van der Waals surface area contributed by atoms with Crippen LogP contribution in [0.1, 0.15) is 22.4 Å². The van der Waals surface area contributed by atoms with E-state index >= 15 is 0 Å². The second-order valence-electron chi connectivity index (χ2n) is 4.47. The van der Waals surface area contributed by atoms with Gasteiger partial charge in [0.2, 0.25) is 5.88 Å². The first-order valence-electron chi connectivity index (χ1n) is 6.05. The van der Waals surface area contributed by atoms with Gasteiger partial charge in [0.15, 0.2) is 0 Å². The Morgan fingerprint density at radius 3 is 2.48 bits per heavy atom. The third-order valence-electron chi connectivity index (χ3n) is 2.82. The van der Waals surface area contributed by atoms with Gasteiger partial charge < -0.3 is 4.74 Å². The molecule has 1 heterocycles. The Bertz CT molecular complexity index is 718. The molecule has 0 N–H and O–H groups in total. The van der Waals surface area contributed by atoms with Crippen LogP contribution in [-0.4, -0.2) is 4.98 Å². The predicted molar refractivity (Wildman–Crippen MR) is 69.9 cm³/mol. The van der Waals surface area contributed by atoms with Crippen molar-refractivity contribution in [3.8, 4) is 17.7 Å². The Kier molecular flexibility index (Phi) is 3.85. The zero-order chi connectivity index (χ0) is 15.6. The molecule has 0 unspecified atom stereocenters. The lowest BCUT2D eigenvalue weighted by molar-refractivity contribution is -0.138. The number of aryl methyl sites for hydroxylation is 2. The van der Waals surface area contributed by atoms with Crippen molar-refractivity contribution in [3.63, 3.8) is 0 Å². The number of pyridine rings is 1. The number of para-hydroxylation sites is 1. The Hall–Kier alpha value is -2.55. The Balaban J connectivity index is 2.52. The number of rotatable bonds is 2. The summed E-state index contributed by atoms with van der Waals surface area (Å²) in [7, 11) is 0. The maximum atomic E-state index is 12.9. The summed E-state index contributed by atoms with van der Waals surface area (Å²) < 4.78 is 44.0. The van der Waals surface area contributed by atoms with Gasteiger partial charge in [-0.15, -0.1) is 0 Å². The summed E-state index contributed by atoms with van der Waals surface area (Å²) in [6.07, 6.45) is -4.54. The molecule has 0 aliphatic heterocycles. The lowest BCUT2D eigenvalue weighted by Gasteiger charge is -2.14. The Morgan fingerprint density at radius 1 is 1.19 bits per heavy atom. The van der Waals surface area contributed by atoms with Gasteiger partial charge in [-0.2, -0.15) is 18.4 Å². The molecule has 0 saturated carbocycles. The van der Waals surface area contributed by atoms with Crippen LogP contribution in [0.5, 0.6) is 11.6 Å². The van der Waals surface area contributed by atoms with Gasteiger partial charge in [-0.1, -0.05) is 12.1 Å². The molecule has 0 bridgehead atoms. The van der Waals surface area contributed by atoms with Gasteiger partial charge in [-0.3, -0.25) is 0 Å². The highest BCUT2D eigenvalue weighted by atomic mass is 19.4. The molecule has 0 saturated heterocycles. The molecule has 0 atom stereocenters. The normalized spacial score (nSPS) is 11.0. The molecule has 0 spiro atoms. The molecule has 21 heavy (non-hydrogen) atoms. The van der Waals surface area contributed by atoms with E-state index in [9.17, 15) is 13.2 Å². The van der Waals surface area contributed by atoms with E-state index in [4.69, 9.17) is 10.00 Å². The molecule has 2 aromatic rings. The van der Waals surface area contributed by atoms with Crippen LogP contribution in [0.3, 0.4) is 0 Å². The highest BCUT2D eigenvalue weighted by Crippen LogP contribution is 2.38. The van der Waals surface area contributed by atoms with Crippen LogP contribution in [0.15, 0.2) is 30.3 Å². The third kappa shape index (κ3) is 3.14. The number of nitrogens with zero attached hydrogens (tertiary/aromatic N) is 2. The van der Waals surface area contributed by atoms with Gasteiger partial charge in [-0.05, 0) is 37.6 Å². The quantitative estimate of drug-likeness (QED) is 0.825. The summed E-state index contributed by atoms with van der Waals surface area (Å²) in [6.45, 7) is 3.35. The average molecular weight is 292 g/mol. The molecule has 0 fully saturated rings. The minimum atomic E-state index is -4.54. The fourth-order valence-electron chi connectivity index (χ4n) is 1.91. The molecule has 1 aromatic carbocycles. The highest BCUT2D eigenvalue weighted by Gasteiger charge is 2.34. The standard InChI is InChI=1S/C15H11F3N2O/c1-9-7-10(2)20-14(11(9)8-19)21-13-6-4-3-5-12(13)15(16,17)18/h3-7H,1-2H3. The van der Waals surface area contributed by atoms with E-state index in [1.54, 1.807) is 19.9 Å². The van der Waals surface area contributed by atoms with Gasteiger partial charge in [0.25, 0.3) is 0 Å². The van der Waals surface area contributed by atoms with Crippen molar-refractivity contribution in [2.45, 2.75) is 20.0 Å². The topological polar surface area (TPSA) is 45.9 Å². The largest absolute Gasteiger partial charge is 0.437 e. The average Bonchev–Trinajstić information content (AvgIpc) is 2.37. The molecule has 0 aliphatic rings. The molecular weight excluding hydrogens is 281 g/mol. The van der Waals surface area contributed by atoms with Gasteiger partial charge in [0.1, 0.15) is 17.4 Å². The van der Waals surface area contributed by atoms with Crippen LogP contribution in [0, 0.1) is 25.2 Å². The number of alkyl halides is 3. The summed E-state index contributed by atoms with van der Waals surface area (Å²) in [5, 5.41) is 9.11. The highest BCUT2D eigenvalue weighted by molar-refractivity contribution is 5.48. The molecule has 1 aromatic heterocycles. The lowest BCUT2D eigenvalue weighted by atomic mass is 10.1. The molecule has 0 aliphatic carbocycles. The SMILES string of the molecule is Cc1cc(C)c(C#N)c(Oc2ccccc2C(F)(F)F)n1. The third-order valence-corrected chi connectivity index (χ3v) is 2.82. The first kappa shape index (κ1) is 14.9. The van der Waals surface area contributed by atoms with Crippen molar-refractivity contribution >= 4 is 0 Å². The summed E-state index contributed by atoms with van der Waals surface area (Å²) in [4.78, 5) is 4.01. The Labute approximate surface area is 119 Å². The van der Waals surface area contributed by atoms with Crippen LogP contribution in [0.2, 0.25) is 0 Å². The minimum Gasteiger partial charge on any atom is -0.437 e. The number of halogens is 3. The second-order valence-corrected chi connectivity index (χ2v) is 4.47. The number of ether oxygens (including phenoxy) is 1. The summed E-state index contributed by atoms with van der Waals surface area (Å²) in [5.41, 5.74) is 0.378. The van der Waals surface area contributed by atoms with Crippen LogP contribution in [-0.2, 0) is 6.18 Å². The number of hydrogen-bond donors (Lipinski definition) is 0. The summed E-state index contributed by atoms with van der Waals surface area (Å²) in [5.74, 6) is -0.495. The van der Waals surface area contributed by atoms with Crippen LogP contribution >= 0.6 is 0 Å². The van der Waals surface area contributed by atoms with Crippen molar-refractivity contribution in [2.24, 2.45) is 0 Å². The minimum absolute atomic E-state index is 0.119. The van der Waals surface area contributed by atoms with E-state index in [2.05, 4.69) is 4.98 Å². The fourth-order valence-corrected chi connectivity index (χ4v) is 1.91. The number of aromatic nitrogens is 1. The van der Waals surface area contributed by atoms with Gasteiger partial charge >= 0.3 is 6.18 Å². The smallest absolute Gasteiger partial charge is 0.419 e. The monoisotopic (exact) mass is 292 g/mol. The molecule has 0 amide bonds. The van der Waals surface area contributed by atoms with Crippen LogP contribution in [0.4, 0.5) is 13.2 Å². The molecule has 6 heteroatoms. The maximum Gasteiger partial charge on any atom is 0.419 e. The van der Waals surface area contributed by atoms with Crippen molar-refractivity contribution in [2.75, 3.05) is 0 Å². The van der Waals surface area contributed by atoms with Crippen molar-refractivity contribution in [3.05, 3.63) is 52.7 Å². The van der Waals surface area contributed by atoms with Crippen molar-refractivity contribution in [1.29, 1.82) is 5.26 Å². The van der Waals surface area contributed by atoms with E-state index in [0.717, 1.165) is 6.07 Å². The molecule has 108 valence electrons. The number of benzene rings is 1. The predicted octanol–water partition coefficient (Wildman–Crippen LogP) is 4.38. The summed E-state index contributed by atoms with van der Waals surface area (Å²) >= 11 is 0. The summed E-state index contributed by atoms with van der Waals surface area (Å²) in [6, 6.07) is 8.39. The van der Waals surface area contributed by atoms with E-state index in [-0.39, 0.29) is 17.2 Å². The molecular formula is C15H11F3N2O. The van der Waals surface area contributed by atoms with Crippen LogP contribution in [0.25, 0.3) is 0 Å². The van der Waals surface area contributed by atoms with E-state index < -0.39 is 11.7 Å². The molecule has 3 nitrogen and oxygen atoms in total. The van der Waals surface area contributed by atoms with Crippen molar-refractivity contribution < 1.29 is 17.9 Å². The fraction of sp³-hybridized carbons (Fsp3) is 0.200. The van der Waals surface area contributed by atoms with E-state index in [1.807, 2.05) is 6.07 Å². The molecule has 2 rings (SSSR count). The van der Waals surface area contributed by atoms with Gasteiger partial charge in [0, 0.05) is 5.69 Å². The number of nitriles is 1. The maximum absolute atomic E-state index is 12.9. The van der Waals surface area contributed by atoms with E-state index in [0.29, 0.717) is 11.3 Å². The first-order valence-corrected chi connectivity index (χ1v) is 6.05. The molecule has 0 radical (unpaired) electrons. The lowest BCUT2D eigenvalue weighted by Crippen LogP contribution is -2.07. The van der Waals surface area contributed by atoms with Crippen LogP contribution < -0.4 is 4.74 Å². The van der Waals surface area contributed by atoms with Gasteiger partial charge in [-0.25, -0.2) is 4.98 Å². The van der Waals surface area contributed by atoms with Crippen molar-refractivity contribution in [1.82, 2.24) is 4.98 Å². The zero-order valence-corrected chi connectivity index (χ0v) is 11.3. The second kappa shape index (κ2) is 5.44.